The zero-order valence-corrected chi connectivity index (χ0v) is 21.2. The minimum absolute atomic E-state index is 0.0380. The minimum Gasteiger partial charge on any atom is -0.320 e. The topological polar surface area (TPSA) is 93.5 Å². The van der Waals surface area contributed by atoms with Crippen molar-refractivity contribution in [1.82, 2.24) is 4.90 Å². The smallest absolute Gasteiger partial charge is 0.320 e. The van der Waals surface area contributed by atoms with Crippen LogP contribution in [0.1, 0.15) is 23.1 Å². The molecule has 1 aliphatic rings. The summed E-state index contributed by atoms with van der Waals surface area (Å²) in [6.45, 7) is 3.16. The number of aryl methyl sites for hydroxylation is 1. The second-order valence-corrected chi connectivity index (χ2v) is 10.7. The van der Waals surface area contributed by atoms with Crippen molar-refractivity contribution < 1.29 is 13.2 Å². The molecule has 1 N–H and O–H groups in total. The SMILES string of the molecule is Cc1ccc(N2CCCN(Cc3ccc(Cl)c(Cl)c3)C2=O)c(NS(=O)(=O)c2ccccc2C#N)c1. The van der Waals surface area contributed by atoms with Gasteiger partial charge in [-0.1, -0.05) is 47.5 Å². The summed E-state index contributed by atoms with van der Waals surface area (Å²) in [5.41, 5.74) is 2.40. The minimum atomic E-state index is -4.07. The lowest BCUT2D eigenvalue weighted by atomic mass is 10.1. The van der Waals surface area contributed by atoms with Crippen molar-refractivity contribution in [3.8, 4) is 6.07 Å². The fourth-order valence-electron chi connectivity index (χ4n) is 3.97. The quantitative estimate of drug-likeness (QED) is 0.436. The van der Waals surface area contributed by atoms with E-state index in [9.17, 15) is 18.5 Å². The Bertz CT molecular complexity index is 1440. The van der Waals surface area contributed by atoms with Crippen molar-refractivity contribution in [1.29, 1.82) is 5.26 Å². The van der Waals surface area contributed by atoms with E-state index in [0.717, 1.165) is 11.1 Å². The number of sulfonamides is 1. The number of nitrogens with one attached hydrogen (secondary N) is 1. The van der Waals surface area contributed by atoms with Crippen LogP contribution < -0.4 is 9.62 Å². The summed E-state index contributed by atoms with van der Waals surface area (Å²) in [5, 5.41) is 10.2. The first-order chi connectivity index (χ1) is 16.7. The second-order valence-electron chi connectivity index (χ2n) is 8.19. The van der Waals surface area contributed by atoms with Gasteiger partial charge in [-0.3, -0.25) is 9.62 Å². The maximum atomic E-state index is 13.4. The molecule has 35 heavy (non-hydrogen) atoms. The standard InChI is InChI=1S/C25H22Cl2N4O3S/c1-17-7-10-23(22(13-17)29-35(33,34)24-6-3-2-5-19(24)15-28)31-12-4-11-30(25(31)32)16-18-8-9-20(26)21(27)14-18/h2-3,5-10,13-14,29H,4,11-12,16H2,1H3. The van der Waals surface area contributed by atoms with E-state index in [1.54, 1.807) is 46.2 Å². The molecule has 1 heterocycles. The number of hydrogen-bond acceptors (Lipinski definition) is 4. The lowest BCUT2D eigenvalue weighted by Gasteiger charge is -2.36. The molecule has 7 nitrogen and oxygen atoms in total. The normalized spacial score (nSPS) is 14.1. The Morgan fingerprint density at radius 1 is 1.03 bits per heavy atom. The van der Waals surface area contributed by atoms with Gasteiger partial charge in [0.05, 0.1) is 27.0 Å². The van der Waals surface area contributed by atoms with Crippen molar-refractivity contribution >= 4 is 50.6 Å². The number of benzene rings is 3. The van der Waals surface area contributed by atoms with Crippen LogP contribution in [0.4, 0.5) is 16.2 Å². The molecule has 0 aromatic heterocycles. The van der Waals surface area contributed by atoms with Crippen LogP contribution >= 0.6 is 23.2 Å². The number of nitriles is 1. The monoisotopic (exact) mass is 528 g/mol. The van der Waals surface area contributed by atoms with E-state index in [1.165, 1.54) is 12.1 Å². The number of urea groups is 1. The van der Waals surface area contributed by atoms with Gasteiger partial charge in [0, 0.05) is 19.6 Å². The van der Waals surface area contributed by atoms with Gasteiger partial charge in [-0.2, -0.15) is 5.26 Å². The van der Waals surface area contributed by atoms with E-state index in [2.05, 4.69) is 4.72 Å². The molecule has 10 heteroatoms. The third-order valence-corrected chi connectivity index (χ3v) is 7.82. The summed E-state index contributed by atoms with van der Waals surface area (Å²) < 4.78 is 28.9. The average molecular weight is 529 g/mol. The van der Waals surface area contributed by atoms with Crippen LogP contribution in [0, 0.1) is 18.3 Å². The van der Waals surface area contributed by atoms with E-state index in [-0.39, 0.29) is 22.2 Å². The first-order valence-corrected chi connectivity index (χ1v) is 13.1. The van der Waals surface area contributed by atoms with E-state index < -0.39 is 10.0 Å². The summed E-state index contributed by atoms with van der Waals surface area (Å²) in [4.78, 5) is 16.6. The molecule has 0 radical (unpaired) electrons. The average Bonchev–Trinajstić information content (AvgIpc) is 2.83. The molecule has 1 saturated heterocycles. The number of carbonyl (C=O) groups is 1. The highest BCUT2D eigenvalue weighted by atomic mass is 35.5. The number of amides is 2. The van der Waals surface area contributed by atoms with Crippen molar-refractivity contribution in [3.63, 3.8) is 0 Å². The largest absolute Gasteiger partial charge is 0.324 e. The zero-order chi connectivity index (χ0) is 25.2. The van der Waals surface area contributed by atoms with Gasteiger partial charge in [-0.05, 0) is 60.9 Å². The molecule has 3 aromatic carbocycles. The molecule has 0 saturated carbocycles. The molecule has 3 aromatic rings. The molecule has 2 amide bonds. The number of nitrogens with zero attached hydrogens (tertiary/aromatic N) is 3. The zero-order valence-electron chi connectivity index (χ0n) is 18.8. The van der Waals surface area contributed by atoms with Crippen LogP contribution in [-0.2, 0) is 16.6 Å². The lowest BCUT2D eigenvalue weighted by Crippen LogP contribution is -2.49. The van der Waals surface area contributed by atoms with Crippen LogP contribution in [0.3, 0.4) is 0 Å². The van der Waals surface area contributed by atoms with Gasteiger partial charge in [0.15, 0.2) is 0 Å². The molecule has 0 atom stereocenters. The molecular weight excluding hydrogens is 507 g/mol. The van der Waals surface area contributed by atoms with Crippen molar-refractivity contribution in [3.05, 3.63) is 87.4 Å². The van der Waals surface area contributed by atoms with Crippen molar-refractivity contribution in [2.45, 2.75) is 24.8 Å². The Labute approximate surface area is 214 Å². The fraction of sp³-hybridized carbons (Fsp3) is 0.200. The van der Waals surface area contributed by atoms with Gasteiger partial charge >= 0.3 is 6.03 Å². The van der Waals surface area contributed by atoms with Gasteiger partial charge in [0.2, 0.25) is 0 Å². The highest BCUT2D eigenvalue weighted by Crippen LogP contribution is 2.33. The van der Waals surface area contributed by atoms with Crippen LogP contribution in [0.15, 0.2) is 65.6 Å². The number of anilines is 2. The Morgan fingerprint density at radius 3 is 2.54 bits per heavy atom. The van der Waals surface area contributed by atoms with Gasteiger partial charge in [0.1, 0.15) is 11.0 Å². The molecule has 0 bridgehead atoms. The molecule has 0 spiro atoms. The predicted molar refractivity (Wildman–Crippen MR) is 137 cm³/mol. The van der Waals surface area contributed by atoms with E-state index in [0.29, 0.717) is 41.8 Å². The molecule has 4 rings (SSSR count). The third kappa shape index (κ3) is 5.38. The Morgan fingerprint density at radius 2 is 1.80 bits per heavy atom. The predicted octanol–water partition coefficient (Wildman–Crippen LogP) is 5.81. The van der Waals surface area contributed by atoms with E-state index >= 15 is 0 Å². The lowest BCUT2D eigenvalue weighted by molar-refractivity contribution is 0.192. The van der Waals surface area contributed by atoms with Gasteiger partial charge in [-0.15, -0.1) is 0 Å². The number of hydrogen-bond donors (Lipinski definition) is 1. The van der Waals surface area contributed by atoms with Crippen molar-refractivity contribution in [2.24, 2.45) is 0 Å². The maximum Gasteiger partial charge on any atom is 0.324 e. The molecule has 1 fully saturated rings. The van der Waals surface area contributed by atoms with Crippen LogP contribution in [0.2, 0.25) is 10.0 Å². The second kappa shape index (κ2) is 10.2. The third-order valence-electron chi connectivity index (χ3n) is 5.65. The van der Waals surface area contributed by atoms with Gasteiger partial charge in [-0.25, -0.2) is 13.2 Å². The highest BCUT2D eigenvalue weighted by molar-refractivity contribution is 7.92. The molecule has 0 aliphatic carbocycles. The van der Waals surface area contributed by atoms with Crippen LogP contribution in [0.25, 0.3) is 0 Å². The van der Waals surface area contributed by atoms with E-state index in [1.807, 2.05) is 25.1 Å². The number of halogens is 2. The fourth-order valence-corrected chi connectivity index (χ4v) is 5.51. The molecule has 1 aliphatic heterocycles. The van der Waals surface area contributed by atoms with E-state index in [4.69, 9.17) is 23.2 Å². The summed E-state index contributed by atoms with van der Waals surface area (Å²) in [7, 11) is -4.07. The maximum absolute atomic E-state index is 13.4. The molecule has 0 unspecified atom stereocenters. The van der Waals surface area contributed by atoms with Crippen molar-refractivity contribution in [2.75, 3.05) is 22.7 Å². The summed E-state index contributed by atoms with van der Waals surface area (Å²) in [5.74, 6) is 0. The summed E-state index contributed by atoms with van der Waals surface area (Å²) in [6, 6.07) is 18.1. The first-order valence-electron chi connectivity index (χ1n) is 10.8. The molecular formula is C25H22Cl2N4O3S. The van der Waals surface area contributed by atoms with Crippen LogP contribution in [0.5, 0.6) is 0 Å². The molecule has 180 valence electrons. The number of carbonyl (C=O) groups excluding carboxylic acids is 1. The van der Waals surface area contributed by atoms with Crippen LogP contribution in [-0.4, -0.2) is 32.4 Å². The Hall–Kier alpha value is -3.25. The highest BCUT2D eigenvalue weighted by Gasteiger charge is 2.30. The van der Waals surface area contributed by atoms with Gasteiger partial charge in [0.25, 0.3) is 10.0 Å². The number of rotatable bonds is 6. The Balaban J connectivity index is 1.64. The first kappa shape index (κ1) is 24.9. The van der Waals surface area contributed by atoms with Gasteiger partial charge < -0.3 is 4.90 Å². The Kier molecular flexibility index (Phi) is 7.22. The summed E-state index contributed by atoms with van der Waals surface area (Å²) >= 11 is 12.1. The summed E-state index contributed by atoms with van der Waals surface area (Å²) in [6.07, 6.45) is 0.699.